The second kappa shape index (κ2) is 5.17. The van der Waals surface area contributed by atoms with Crippen molar-refractivity contribution in [1.82, 2.24) is 14.8 Å². The summed E-state index contributed by atoms with van der Waals surface area (Å²) >= 11 is 5.88. The number of carbonyl (C=O) groups is 2. The van der Waals surface area contributed by atoms with Gasteiger partial charge in [0.1, 0.15) is 11.9 Å². The number of nitrogens with zero attached hydrogens (tertiary/aromatic N) is 3. The van der Waals surface area contributed by atoms with Crippen molar-refractivity contribution in [2.24, 2.45) is 0 Å². The Morgan fingerprint density at radius 2 is 2.33 bits per heavy atom. The lowest BCUT2D eigenvalue weighted by Crippen LogP contribution is -2.36. The molecule has 21 heavy (non-hydrogen) atoms. The van der Waals surface area contributed by atoms with Crippen LogP contribution in [0.15, 0.2) is 24.3 Å². The smallest absolute Gasteiger partial charge is 0.249 e. The number of amides is 2. The molecule has 8 heteroatoms. The minimum absolute atomic E-state index is 0.0161. The van der Waals surface area contributed by atoms with Crippen LogP contribution in [0.4, 0.5) is 11.6 Å². The molecule has 0 saturated carbocycles. The van der Waals surface area contributed by atoms with Crippen LogP contribution in [0.3, 0.4) is 0 Å². The highest BCUT2D eigenvalue weighted by Crippen LogP contribution is 2.24. The first-order chi connectivity index (χ1) is 10.0. The number of anilines is 2. The molecule has 0 spiro atoms. The van der Waals surface area contributed by atoms with Gasteiger partial charge in [-0.2, -0.15) is 10.1 Å². The normalized spacial score (nSPS) is 17.0. The molecule has 1 aliphatic heterocycles. The number of halogens is 1. The fourth-order valence-corrected chi connectivity index (χ4v) is 2.36. The summed E-state index contributed by atoms with van der Waals surface area (Å²) in [5.41, 5.74) is 0.567. The van der Waals surface area contributed by atoms with E-state index >= 15 is 0 Å². The molecule has 0 aliphatic carbocycles. The molecule has 1 aromatic carbocycles. The molecule has 0 bridgehead atoms. The van der Waals surface area contributed by atoms with E-state index in [0.717, 1.165) is 0 Å². The molecule has 0 fully saturated rings. The first kappa shape index (κ1) is 13.6. The van der Waals surface area contributed by atoms with E-state index in [2.05, 4.69) is 20.7 Å². The van der Waals surface area contributed by atoms with E-state index < -0.39 is 6.04 Å². The molecule has 2 heterocycles. The standard InChI is InChI=1S/C13H12ClN5O2/c1-7-15-13-17-11(20)6-10(19(13)18-7)12(21)16-9-4-2-3-8(14)5-9/h2-5,10H,6H2,1H3,(H,16,21)(H,15,17,18,20)/t10-/m0/s1. The van der Waals surface area contributed by atoms with E-state index in [1.807, 2.05) is 0 Å². The van der Waals surface area contributed by atoms with E-state index in [1.165, 1.54) is 4.68 Å². The van der Waals surface area contributed by atoms with Crippen molar-refractivity contribution >= 4 is 35.1 Å². The number of carbonyl (C=O) groups excluding carboxylic acids is 2. The van der Waals surface area contributed by atoms with Crippen LogP contribution in [-0.2, 0) is 9.59 Å². The van der Waals surface area contributed by atoms with Crippen LogP contribution in [0.5, 0.6) is 0 Å². The quantitative estimate of drug-likeness (QED) is 0.885. The van der Waals surface area contributed by atoms with Gasteiger partial charge in [-0.25, -0.2) is 4.68 Å². The van der Waals surface area contributed by atoms with Gasteiger partial charge in [-0.15, -0.1) is 0 Å². The van der Waals surface area contributed by atoms with Crippen molar-refractivity contribution in [2.75, 3.05) is 10.6 Å². The first-order valence-electron chi connectivity index (χ1n) is 6.32. The number of hydrogen-bond donors (Lipinski definition) is 2. The lowest BCUT2D eigenvalue weighted by atomic mass is 10.1. The Morgan fingerprint density at radius 1 is 1.52 bits per heavy atom. The van der Waals surface area contributed by atoms with Crippen LogP contribution in [0.25, 0.3) is 0 Å². The number of nitrogens with one attached hydrogen (secondary N) is 2. The number of benzene rings is 1. The third-order valence-corrected chi connectivity index (χ3v) is 3.29. The van der Waals surface area contributed by atoms with Gasteiger partial charge in [0.15, 0.2) is 0 Å². The molecule has 1 aliphatic rings. The van der Waals surface area contributed by atoms with Gasteiger partial charge in [-0.1, -0.05) is 17.7 Å². The van der Waals surface area contributed by atoms with Crippen LogP contribution < -0.4 is 10.6 Å². The Bertz CT molecular complexity index is 727. The van der Waals surface area contributed by atoms with Crippen molar-refractivity contribution in [1.29, 1.82) is 0 Å². The van der Waals surface area contributed by atoms with Crippen molar-refractivity contribution in [3.8, 4) is 0 Å². The van der Waals surface area contributed by atoms with Gasteiger partial charge in [0.25, 0.3) is 0 Å². The maximum atomic E-state index is 12.4. The van der Waals surface area contributed by atoms with Crippen molar-refractivity contribution in [3.05, 3.63) is 35.1 Å². The Kier molecular flexibility index (Phi) is 3.34. The van der Waals surface area contributed by atoms with Crippen LogP contribution >= 0.6 is 11.6 Å². The highest BCUT2D eigenvalue weighted by molar-refractivity contribution is 6.30. The predicted octanol–water partition coefficient (Wildman–Crippen LogP) is 1.76. The van der Waals surface area contributed by atoms with Crippen LogP contribution in [0.2, 0.25) is 5.02 Å². The maximum Gasteiger partial charge on any atom is 0.249 e. The Morgan fingerprint density at radius 3 is 3.10 bits per heavy atom. The van der Waals surface area contributed by atoms with E-state index in [-0.39, 0.29) is 24.2 Å². The molecule has 1 aromatic heterocycles. The second-order valence-corrected chi connectivity index (χ2v) is 5.13. The van der Waals surface area contributed by atoms with Crippen LogP contribution in [-0.4, -0.2) is 26.6 Å². The average molecular weight is 306 g/mol. The minimum Gasteiger partial charge on any atom is -0.324 e. The van der Waals surface area contributed by atoms with E-state index in [0.29, 0.717) is 16.5 Å². The molecule has 0 saturated heterocycles. The zero-order valence-electron chi connectivity index (χ0n) is 11.1. The van der Waals surface area contributed by atoms with Crippen molar-refractivity contribution in [2.45, 2.75) is 19.4 Å². The highest BCUT2D eigenvalue weighted by Gasteiger charge is 2.32. The number of hydrogen-bond acceptors (Lipinski definition) is 4. The Labute approximate surface area is 125 Å². The van der Waals surface area contributed by atoms with Crippen LogP contribution in [0, 0.1) is 6.92 Å². The molecule has 2 amide bonds. The summed E-state index contributed by atoms with van der Waals surface area (Å²) in [5, 5.41) is 9.99. The van der Waals surface area contributed by atoms with Gasteiger partial charge in [-0.05, 0) is 25.1 Å². The maximum absolute atomic E-state index is 12.4. The molecule has 1 atom stereocenters. The largest absolute Gasteiger partial charge is 0.324 e. The van der Waals surface area contributed by atoms with Gasteiger partial charge >= 0.3 is 0 Å². The summed E-state index contributed by atoms with van der Waals surface area (Å²) < 4.78 is 1.43. The highest BCUT2D eigenvalue weighted by atomic mass is 35.5. The molecule has 2 N–H and O–H groups in total. The number of rotatable bonds is 2. The third-order valence-electron chi connectivity index (χ3n) is 3.06. The number of fused-ring (bicyclic) bond motifs is 1. The molecule has 7 nitrogen and oxygen atoms in total. The second-order valence-electron chi connectivity index (χ2n) is 4.69. The Balaban J connectivity index is 1.86. The summed E-state index contributed by atoms with van der Waals surface area (Å²) in [4.78, 5) is 28.1. The third kappa shape index (κ3) is 2.73. The lowest BCUT2D eigenvalue weighted by Gasteiger charge is -2.22. The molecule has 108 valence electrons. The van der Waals surface area contributed by atoms with E-state index in [1.54, 1.807) is 31.2 Å². The minimum atomic E-state index is -0.728. The summed E-state index contributed by atoms with van der Waals surface area (Å²) in [6.07, 6.45) is 0.0161. The molecular weight excluding hydrogens is 294 g/mol. The van der Waals surface area contributed by atoms with E-state index in [9.17, 15) is 9.59 Å². The fourth-order valence-electron chi connectivity index (χ4n) is 2.17. The molecular formula is C13H12ClN5O2. The van der Waals surface area contributed by atoms with E-state index in [4.69, 9.17) is 11.6 Å². The predicted molar refractivity (Wildman–Crippen MR) is 77.1 cm³/mol. The average Bonchev–Trinajstić information content (AvgIpc) is 2.77. The number of aromatic nitrogens is 3. The number of aryl methyl sites for hydroxylation is 1. The summed E-state index contributed by atoms with van der Waals surface area (Å²) in [5.74, 6) is 0.183. The zero-order valence-corrected chi connectivity index (χ0v) is 11.9. The monoisotopic (exact) mass is 305 g/mol. The summed E-state index contributed by atoms with van der Waals surface area (Å²) in [6.45, 7) is 1.70. The first-order valence-corrected chi connectivity index (χ1v) is 6.70. The fraction of sp³-hybridized carbons (Fsp3) is 0.231. The summed E-state index contributed by atoms with van der Waals surface area (Å²) in [6, 6.07) is 6.07. The van der Waals surface area contributed by atoms with Gasteiger partial charge in [0.2, 0.25) is 17.8 Å². The van der Waals surface area contributed by atoms with Gasteiger partial charge in [0, 0.05) is 10.7 Å². The lowest BCUT2D eigenvalue weighted by molar-refractivity contribution is -0.125. The zero-order chi connectivity index (χ0) is 15.0. The van der Waals surface area contributed by atoms with Gasteiger partial charge < -0.3 is 5.32 Å². The summed E-state index contributed by atoms with van der Waals surface area (Å²) in [7, 11) is 0. The van der Waals surface area contributed by atoms with Gasteiger partial charge in [-0.3, -0.25) is 14.9 Å². The molecule has 2 aromatic rings. The van der Waals surface area contributed by atoms with Crippen molar-refractivity contribution < 1.29 is 9.59 Å². The Hall–Kier alpha value is -2.41. The van der Waals surface area contributed by atoms with Crippen molar-refractivity contribution in [3.63, 3.8) is 0 Å². The van der Waals surface area contributed by atoms with Crippen LogP contribution in [0.1, 0.15) is 18.3 Å². The molecule has 0 radical (unpaired) electrons. The van der Waals surface area contributed by atoms with Gasteiger partial charge in [0.05, 0.1) is 6.42 Å². The molecule has 3 rings (SSSR count). The molecule has 0 unspecified atom stereocenters. The topological polar surface area (TPSA) is 88.9 Å². The SMILES string of the molecule is Cc1nc2n(n1)[C@H](C(=O)Nc1cccc(Cl)c1)CC(=O)N2.